The Morgan fingerprint density at radius 2 is 1.59 bits per heavy atom. The molecule has 2 heterocycles. The smallest absolute Gasteiger partial charge is 0.175 e. The van der Waals surface area contributed by atoms with Gasteiger partial charge in [-0.05, 0) is 59.0 Å². The van der Waals surface area contributed by atoms with E-state index in [-0.39, 0.29) is 12.6 Å². The molecule has 0 aliphatic carbocycles. The predicted octanol–water partition coefficient (Wildman–Crippen LogP) is 3.28. The lowest BCUT2D eigenvalue weighted by Crippen LogP contribution is -2.47. The number of aliphatic hydroxyl groups excluding tert-OH is 1. The van der Waals surface area contributed by atoms with Gasteiger partial charge in [-0.1, -0.05) is 42.5 Å². The van der Waals surface area contributed by atoms with E-state index >= 15 is 0 Å². The van der Waals surface area contributed by atoms with Crippen molar-refractivity contribution in [3.8, 4) is 11.1 Å². The minimum Gasteiger partial charge on any atom is -0.394 e. The summed E-state index contributed by atoms with van der Waals surface area (Å²) in [4.78, 5) is 4.34. The molecule has 7 nitrogen and oxygen atoms in total. The maximum absolute atomic E-state index is 11.7. The molecule has 0 fully saturated rings. The van der Waals surface area contributed by atoms with E-state index < -0.39 is 9.84 Å². The van der Waals surface area contributed by atoms with E-state index in [1.807, 2.05) is 84.1 Å². The van der Waals surface area contributed by atoms with E-state index in [0.29, 0.717) is 11.3 Å². The fourth-order valence-corrected chi connectivity index (χ4v) is 4.47. The van der Waals surface area contributed by atoms with Gasteiger partial charge < -0.3 is 10.5 Å². The zero-order valence-electron chi connectivity index (χ0n) is 19.2. The van der Waals surface area contributed by atoms with Crippen LogP contribution in [0.5, 0.6) is 0 Å². The summed E-state index contributed by atoms with van der Waals surface area (Å²) in [7, 11) is -1.30. The average Bonchev–Trinajstić information content (AvgIpc) is 3.22. The van der Waals surface area contributed by atoms with E-state index in [0.717, 1.165) is 28.0 Å². The topological polar surface area (TPSA) is 85.8 Å². The first-order valence-corrected chi connectivity index (χ1v) is 12.8. The zero-order valence-corrected chi connectivity index (χ0v) is 20.0. The molecule has 2 N–H and O–H groups in total. The summed E-state index contributed by atoms with van der Waals surface area (Å²) in [5.41, 5.74) is 8.32. The van der Waals surface area contributed by atoms with Gasteiger partial charge in [0.2, 0.25) is 0 Å². The number of hydrogen-bond acceptors (Lipinski definition) is 7. The van der Waals surface area contributed by atoms with Gasteiger partial charge in [0.25, 0.3) is 0 Å². The first-order valence-electron chi connectivity index (χ1n) is 10.9. The number of allylic oxidation sites excluding steroid dienone is 1. The van der Waals surface area contributed by atoms with Gasteiger partial charge in [0.15, 0.2) is 9.84 Å². The van der Waals surface area contributed by atoms with E-state index in [9.17, 15) is 13.5 Å². The summed E-state index contributed by atoms with van der Waals surface area (Å²) in [5, 5.41) is 13.9. The molecule has 1 aliphatic heterocycles. The number of pyridine rings is 1. The second-order valence-corrected chi connectivity index (χ2v) is 10.3. The molecular formula is C26H28N4O3S. The highest BCUT2D eigenvalue weighted by atomic mass is 32.2. The second-order valence-electron chi connectivity index (χ2n) is 8.25. The quantitative estimate of drug-likeness (QED) is 0.516. The average molecular weight is 477 g/mol. The van der Waals surface area contributed by atoms with Crippen molar-refractivity contribution in [2.45, 2.75) is 17.4 Å². The van der Waals surface area contributed by atoms with Crippen LogP contribution >= 0.6 is 0 Å². The summed E-state index contributed by atoms with van der Waals surface area (Å²) in [6, 6.07) is 18.8. The fraction of sp³-hybridized carbons (Fsp3) is 0.192. The van der Waals surface area contributed by atoms with Gasteiger partial charge in [-0.2, -0.15) is 0 Å². The lowest BCUT2D eigenvalue weighted by atomic mass is 10.0. The minimum absolute atomic E-state index is 0.00141. The Morgan fingerprint density at radius 1 is 0.971 bits per heavy atom. The fourth-order valence-electron chi connectivity index (χ4n) is 3.84. The molecule has 34 heavy (non-hydrogen) atoms. The minimum atomic E-state index is -3.21. The molecule has 0 radical (unpaired) electrons. The monoisotopic (exact) mass is 476 g/mol. The van der Waals surface area contributed by atoms with Crippen molar-refractivity contribution in [1.82, 2.24) is 20.5 Å². The van der Waals surface area contributed by atoms with Crippen LogP contribution in [0.3, 0.4) is 0 Å². The Kier molecular flexibility index (Phi) is 7.12. The molecule has 1 unspecified atom stereocenters. The van der Waals surface area contributed by atoms with Gasteiger partial charge in [0.05, 0.1) is 23.2 Å². The first kappa shape index (κ1) is 23.7. The number of hydrazine groups is 2. The van der Waals surface area contributed by atoms with Crippen molar-refractivity contribution >= 4 is 15.9 Å². The Morgan fingerprint density at radius 3 is 2.18 bits per heavy atom. The Hall–Kier alpha value is -3.46. The molecule has 1 atom stereocenters. The lowest BCUT2D eigenvalue weighted by molar-refractivity contribution is -0.0212. The molecule has 0 saturated carbocycles. The van der Waals surface area contributed by atoms with Crippen LogP contribution in [-0.4, -0.2) is 54.6 Å². The number of nitrogens with zero attached hydrogens (tertiary/aromatic N) is 3. The lowest BCUT2D eigenvalue weighted by Gasteiger charge is -2.32. The van der Waals surface area contributed by atoms with Gasteiger partial charge in [-0.3, -0.25) is 9.99 Å². The second kappa shape index (κ2) is 10.2. The maximum Gasteiger partial charge on any atom is 0.175 e. The molecule has 0 saturated heterocycles. The summed E-state index contributed by atoms with van der Waals surface area (Å²) < 4.78 is 23.3. The number of sulfone groups is 1. The molecule has 0 amide bonds. The standard InChI is InChI=1S/C26H28N4O3S/c1-29-28-24(10-5-20-13-15-27-16-14-20)18-30(29)25(19-31)17-21-3-6-22(7-4-21)23-8-11-26(12-9-23)34(2,32)33/h3-16,18,25,28,31H,17,19H2,1-2H3/b10-5+. The van der Waals surface area contributed by atoms with Crippen LogP contribution in [0.2, 0.25) is 0 Å². The van der Waals surface area contributed by atoms with Crippen LogP contribution in [0.25, 0.3) is 17.2 Å². The van der Waals surface area contributed by atoms with E-state index in [2.05, 4.69) is 10.4 Å². The summed E-state index contributed by atoms with van der Waals surface area (Å²) in [5.74, 6) is 0. The highest BCUT2D eigenvalue weighted by molar-refractivity contribution is 7.90. The van der Waals surface area contributed by atoms with Crippen LogP contribution in [-0.2, 0) is 16.3 Å². The van der Waals surface area contributed by atoms with E-state index in [1.165, 1.54) is 6.26 Å². The Bertz CT molecular complexity index is 1270. The van der Waals surface area contributed by atoms with Crippen molar-refractivity contribution in [3.05, 3.63) is 102 Å². The SMILES string of the molecule is CN1NC(/C=C/c2ccncc2)=CN1C(CO)Cc1ccc(-c2ccc(S(C)(=O)=O)cc2)cc1. The summed E-state index contributed by atoms with van der Waals surface area (Å²) in [6.07, 6.45) is 11.4. The Labute approximate surface area is 200 Å². The van der Waals surface area contributed by atoms with Crippen LogP contribution in [0, 0.1) is 0 Å². The predicted molar refractivity (Wildman–Crippen MR) is 134 cm³/mol. The number of benzene rings is 2. The number of rotatable bonds is 8. The molecule has 1 aromatic heterocycles. The van der Waals surface area contributed by atoms with Gasteiger partial charge in [-0.25, -0.2) is 8.42 Å². The molecule has 0 spiro atoms. The van der Waals surface area contributed by atoms with E-state index in [4.69, 9.17) is 0 Å². The molecule has 2 aromatic carbocycles. The highest BCUT2D eigenvalue weighted by Gasteiger charge is 2.24. The molecule has 4 rings (SSSR count). The molecular weight excluding hydrogens is 448 g/mol. The number of nitrogens with one attached hydrogen (secondary N) is 1. The van der Waals surface area contributed by atoms with Crippen molar-refractivity contribution in [2.24, 2.45) is 0 Å². The van der Waals surface area contributed by atoms with Crippen LogP contribution in [0.4, 0.5) is 0 Å². The third-order valence-corrected chi connectivity index (χ3v) is 6.82. The van der Waals surface area contributed by atoms with Crippen molar-refractivity contribution in [2.75, 3.05) is 19.9 Å². The molecule has 176 valence electrons. The highest BCUT2D eigenvalue weighted by Crippen LogP contribution is 2.23. The summed E-state index contributed by atoms with van der Waals surface area (Å²) in [6.45, 7) is -0.00141. The van der Waals surface area contributed by atoms with Gasteiger partial charge in [-0.15, -0.1) is 5.12 Å². The van der Waals surface area contributed by atoms with Gasteiger partial charge in [0.1, 0.15) is 0 Å². The van der Waals surface area contributed by atoms with Crippen LogP contribution in [0.1, 0.15) is 11.1 Å². The van der Waals surface area contributed by atoms with Crippen LogP contribution < -0.4 is 5.43 Å². The van der Waals surface area contributed by atoms with Crippen molar-refractivity contribution in [1.29, 1.82) is 0 Å². The third kappa shape index (κ3) is 5.72. The Balaban J connectivity index is 1.44. The summed E-state index contributed by atoms with van der Waals surface area (Å²) >= 11 is 0. The zero-order chi connectivity index (χ0) is 24.1. The number of aromatic nitrogens is 1. The largest absolute Gasteiger partial charge is 0.394 e. The number of aliphatic hydroxyl groups is 1. The van der Waals surface area contributed by atoms with Crippen molar-refractivity contribution < 1.29 is 13.5 Å². The van der Waals surface area contributed by atoms with Gasteiger partial charge >= 0.3 is 0 Å². The normalized spacial score (nSPS) is 15.4. The molecule has 3 aromatic rings. The number of hydrogen-bond donors (Lipinski definition) is 2. The molecule has 8 heteroatoms. The third-order valence-electron chi connectivity index (χ3n) is 5.70. The van der Waals surface area contributed by atoms with Crippen LogP contribution in [0.15, 0.2) is 95.9 Å². The van der Waals surface area contributed by atoms with E-state index in [1.54, 1.807) is 24.5 Å². The maximum atomic E-state index is 11.7. The van der Waals surface area contributed by atoms with Crippen molar-refractivity contribution in [3.63, 3.8) is 0 Å². The van der Waals surface area contributed by atoms with Gasteiger partial charge in [0, 0.05) is 31.9 Å². The first-order chi connectivity index (χ1) is 16.3. The molecule has 0 bridgehead atoms. The molecule has 1 aliphatic rings.